The summed E-state index contributed by atoms with van der Waals surface area (Å²) < 4.78 is 11.1. The van der Waals surface area contributed by atoms with E-state index in [4.69, 9.17) is 9.47 Å². The van der Waals surface area contributed by atoms with Crippen molar-refractivity contribution < 1.29 is 14.6 Å². The Morgan fingerprint density at radius 3 is 2.70 bits per heavy atom. The zero-order valence-corrected chi connectivity index (χ0v) is 13.1. The molecule has 122 valence electrons. The van der Waals surface area contributed by atoms with Gasteiger partial charge in [0.15, 0.2) is 0 Å². The first-order chi connectivity index (χ1) is 11.3. The number of ether oxygens (including phenoxy) is 2. The summed E-state index contributed by atoms with van der Waals surface area (Å²) in [5.41, 5.74) is 1.88. The largest absolute Gasteiger partial charge is 0.487 e. The molecule has 23 heavy (non-hydrogen) atoms. The van der Waals surface area contributed by atoms with Crippen LogP contribution < -0.4 is 10.1 Å². The summed E-state index contributed by atoms with van der Waals surface area (Å²) >= 11 is 0. The van der Waals surface area contributed by atoms with E-state index in [2.05, 4.69) is 10.3 Å². The average Bonchev–Trinajstić information content (AvgIpc) is 2.57. The summed E-state index contributed by atoms with van der Waals surface area (Å²) in [7, 11) is 0. The molecule has 3 rings (SSSR count). The maximum Gasteiger partial charge on any atom is 0.130 e. The van der Waals surface area contributed by atoms with Gasteiger partial charge in [0, 0.05) is 24.8 Å². The molecule has 5 nitrogen and oxygen atoms in total. The normalized spacial score (nSPS) is 15.9. The number of benzene rings is 1. The van der Waals surface area contributed by atoms with E-state index < -0.39 is 0 Å². The predicted molar refractivity (Wildman–Crippen MR) is 87.1 cm³/mol. The van der Waals surface area contributed by atoms with E-state index in [0.29, 0.717) is 26.4 Å². The van der Waals surface area contributed by atoms with Crippen molar-refractivity contribution in [1.29, 1.82) is 0 Å². The molecule has 0 bridgehead atoms. The van der Waals surface area contributed by atoms with Crippen LogP contribution in [0.15, 0.2) is 48.7 Å². The van der Waals surface area contributed by atoms with Gasteiger partial charge in [-0.2, -0.15) is 0 Å². The van der Waals surface area contributed by atoms with E-state index in [1.54, 1.807) is 6.20 Å². The Kier molecular flexibility index (Phi) is 5.23. The number of nitrogens with one attached hydrogen (secondary N) is 1. The second kappa shape index (κ2) is 7.55. The van der Waals surface area contributed by atoms with E-state index in [9.17, 15) is 5.11 Å². The van der Waals surface area contributed by atoms with E-state index >= 15 is 0 Å². The minimum absolute atomic E-state index is 0.121. The van der Waals surface area contributed by atoms with E-state index in [1.165, 1.54) is 0 Å². The van der Waals surface area contributed by atoms with Gasteiger partial charge in [0.1, 0.15) is 12.4 Å². The molecule has 0 spiro atoms. The lowest BCUT2D eigenvalue weighted by Gasteiger charge is -2.40. The van der Waals surface area contributed by atoms with Gasteiger partial charge in [-0.15, -0.1) is 0 Å². The summed E-state index contributed by atoms with van der Waals surface area (Å²) in [4.78, 5) is 4.27. The fraction of sp³-hybridized carbons (Fsp3) is 0.389. The molecular formula is C18H22N2O3. The summed E-state index contributed by atoms with van der Waals surface area (Å²) in [6, 6.07) is 13.8. The van der Waals surface area contributed by atoms with E-state index in [0.717, 1.165) is 23.6 Å². The number of hydrogen-bond donors (Lipinski definition) is 2. The Bertz CT molecular complexity index is 609. The number of aromatic nitrogens is 1. The zero-order chi connectivity index (χ0) is 16.0. The van der Waals surface area contributed by atoms with E-state index in [1.807, 2.05) is 42.5 Å². The van der Waals surface area contributed by atoms with Crippen LogP contribution in [0.5, 0.6) is 5.75 Å². The third-order valence-corrected chi connectivity index (χ3v) is 4.04. The van der Waals surface area contributed by atoms with Gasteiger partial charge in [-0.25, -0.2) is 0 Å². The Balaban J connectivity index is 1.55. The van der Waals surface area contributed by atoms with E-state index in [-0.39, 0.29) is 12.0 Å². The van der Waals surface area contributed by atoms with Crippen LogP contribution in [0.1, 0.15) is 11.3 Å². The van der Waals surface area contributed by atoms with Crippen molar-refractivity contribution in [1.82, 2.24) is 10.3 Å². The monoisotopic (exact) mass is 314 g/mol. The van der Waals surface area contributed by atoms with Crippen LogP contribution in [0, 0.1) is 5.41 Å². The highest BCUT2D eigenvalue weighted by atomic mass is 16.5. The predicted octanol–water partition coefficient (Wildman–Crippen LogP) is 1.76. The summed E-state index contributed by atoms with van der Waals surface area (Å²) in [6.45, 7) is 3.27. The van der Waals surface area contributed by atoms with Crippen molar-refractivity contribution in [2.24, 2.45) is 5.41 Å². The molecule has 1 fully saturated rings. The molecule has 1 aliphatic rings. The van der Waals surface area contributed by atoms with Crippen molar-refractivity contribution in [3.63, 3.8) is 0 Å². The number of para-hydroxylation sites is 1. The fourth-order valence-corrected chi connectivity index (χ4v) is 2.53. The van der Waals surface area contributed by atoms with Gasteiger partial charge < -0.3 is 19.9 Å². The van der Waals surface area contributed by atoms with Crippen LogP contribution in [-0.2, 0) is 17.9 Å². The maximum atomic E-state index is 9.45. The van der Waals surface area contributed by atoms with Crippen molar-refractivity contribution in [2.75, 3.05) is 26.4 Å². The number of hydrogen-bond acceptors (Lipinski definition) is 5. The molecule has 0 aliphatic carbocycles. The molecule has 1 aliphatic heterocycles. The third-order valence-electron chi connectivity index (χ3n) is 4.04. The quantitative estimate of drug-likeness (QED) is 0.777. The fourth-order valence-electron chi connectivity index (χ4n) is 2.53. The van der Waals surface area contributed by atoms with Gasteiger partial charge in [0.05, 0.1) is 30.9 Å². The van der Waals surface area contributed by atoms with Gasteiger partial charge in [-0.1, -0.05) is 24.3 Å². The Hall–Kier alpha value is -1.95. The van der Waals surface area contributed by atoms with Gasteiger partial charge in [0.2, 0.25) is 0 Å². The number of pyridine rings is 1. The molecule has 1 aromatic heterocycles. The molecule has 0 amide bonds. The topological polar surface area (TPSA) is 63.6 Å². The van der Waals surface area contributed by atoms with Gasteiger partial charge in [-0.3, -0.25) is 4.98 Å². The molecule has 0 unspecified atom stereocenters. The Labute approximate surface area is 136 Å². The molecule has 2 aromatic rings. The SMILES string of the molecule is OCC1(CNCc2ccccc2OCc2ccccn2)COC1. The number of aliphatic hydroxyl groups is 1. The Morgan fingerprint density at radius 1 is 1.17 bits per heavy atom. The maximum absolute atomic E-state index is 9.45. The molecule has 1 saturated heterocycles. The highest BCUT2D eigenvalue weighted by Crippen LogP contribution is 2.26. The van der Waals surface area contributed by atoms with Crippen molar-refractivity contribution >= 4 is 0 Å². The van der Waals surface area contributed by atoms with Crippen molar-refractivity contribution in [3.8, 4) is 5.75 Å². The first-order valence-corrected chi connectivity index (χ1v) is 7.81. The number of rotatable bonds is 8. The lowest BCUT2D eigenvalue weighted by Crippen LogP contribution is -2.52. The van der Waals surface area contributed by atoms with Crippen LogP contribution in [0.2, 0.25) is 0 Å². The van der Waals surface area contributed by atoms with Gasteiger partial charge >= 0.3 is 0 Å². The van der Waals surface area contributed by atoms with Crippen LogP contribution >= 0.6 is 0 Å². The molecule has 0 atom stereocenters. The van der Waals surface area contributed by atoms with Crippen LogP contribution in [0.4, 0.5) is 0 Å². The smallest absolute Gasteiger partial charge is 0.130 e. The van der Waals surface area contributed by atoms with Crippen molar-refractivity contribution in [2.45, 2.75) is 13.2 Å². The number of nitrogens with zero attached hydrogens (tertiary/aromatic N) is 1. The highest BCUT2D eigenvalue weighted by molar-refractivity contribution is 5.33. The molecule has 0 radical (unpaired) electrons. The standard InChI is InChI=1S/C18H22N2O3/c21-12-18(13-22-14-18)11-19-9-15-5-1-2-7-17(15)23-10-16-6-3-4-8-20-16/h1-8,19,21H,9-14H2. The summed E-state index contributed by atoms with van der Waals surface area (Å²) in [5, 5.41) is 12.8. The minimum Gasteiger partial charge on any atom is -0.487 e. The van der Waals surface area contributed by atoms with Crippen LogP contribution in [-0.4, -0.2) is 36.5 Å². The first-order valence-electron chi connectivity index (χ1n) is 7.81. The molecule has 2 heterocycles. The third kappa shape index (κ3) is 4.07. The molecular weight excluding hydrogens is 292 g/mol. The molecule has 5 heteroatoms. The molecule has 0 saturated carbocycles. The van der Waals surface area contributed by atoms with Crippen molar-refractivity contribution in [3.05, 3.63) is 59.9 Å². The molecule has 1 aromatic carbocycles. The lowest BCUT2D eigenvalue weighted by molar-refractivity contribution is -0.134. The van der Waals surface area contributed by atoms with Gasteiger partial charge in [-0.05, 0) is 18.2 Å². The summed E-state index contributed by atoms with van der Waals surface area (Å²) in [5.74, 6) is 0.855. The highest BCUT2D eigenvalue weighted by Gasteiger charge is 2.37. The first kappa shape index (κ1) is 15.9. The minimum atomic E-state index is -0.121. The van der Waals surface area contributed by atoms with Crippen LogP contribution in [0.25, 0.3) is 0 Å². The second-order valence-corrected chi connectivity index (χ2v) is 5.97. The number of aliphatic hydroxyl groups excluding tert-OH is 1. The van der Waals surface area contributed by atoms with Gasteiger partial charge in [0.25, 0.3) is 0 Å². The lowest BCUT2D eigenvalue weighted by atomic mass is 9.87. The molecule has 2 N–H and O–H groups in total. The Morgan fingerprint density at radius 2 is 2.00 bits per heavy atom. The second-order valence-electron chi connectivity index (χ2n) is 5.97. The van der Waals surface area contributed by atoms with Crippen LogP contribution in [0.3, 0.4) is 0 Å². The zero-order valence-electron chi connectivity index (χ0n) is 13.1. The summed E-state index contributed by atoms with van der Waals surface area (Å²) in [6.07, 6.45) is 1.77. The average molecular weight is 314 g/mol.